The summed E-state index contributed by atoms with van der Waals surface area (Å²) in [5, 5.41) is 3.05. The highest BCUT2D eigenvalue weighted by Crippen LogP contribution is 2.25. The number of carbonyl (C=O) groups is 1. The summed E-state index contributed by atoms with van der Waals surface area (Å²) in [6.07, 6.45) is 1.81. The second-order valence-corrected chi connectivity index (χ2v) is 8.94. The lowest BCUT2D eigenvalue weighted by Crippen LogP contribution is -2.61. The van der Waals surface area contributed by atoms with Gasteiger partial charge in [-0.05, 0) is 22.8 Å². The van der Waals surface area contributed by atoms with Gasteiger partial charge >= 0.3 is 0 Å². The minimum atomic E-state index is -2.13. The average Bonchev–Trinajstić information content (AvgIpc) is 2.84. The molecule has 3 rings (SSSR count). The molecule has 0 aliphatic carbocycles. The summed E-state index contributed by atoms with van der Waals surface area (Å²) in [7, 11) is -2.13. The van der Waals surface area contributed by atoms with Crippen LogP contribution in [0.1, 0.15) is 12.8 Å². The summed E-state index contributed by atoms with van der Waals surface area (Å²) >= 11 is 0. The molecule has 2 aromatic rings. The van der Waals surface area contributed by atoms with Gasteiger partial charge in [-0.3, -0.25) is 0 Å². The normalized spacial score (nSPS) is 17.9. The molecule has 0 spiro atoms. The zero-order valence-corrected chi connectivity index (χ0v) is 11.3. The second-order valence-electron chi connectivity index (χ2n) is 4.91. The lowest BCUT2D eigenvalue weighted by molar-refractivity contribution is -0.111. The molecule has 90 valence electrons. The quantitative estimate of drug-likeness (QED) is 0.749. The van der Waals surface area contributed by atoms with E-state index in [1.807, 2.05) is 12.1 Å². The molecular formula is C16H16OSi. The molecule has 0 radical (unpaired) electrons. The zero-order valence-electron chi connectivity index (χ0n) is 10.3. The van der Waals surface area contributed by atoms with Crippen molar-refractivity contribution in [1.29, 1.82) is 0 Å². The van der Waals surface area contributed by atoms with Gasteiger partial charge in [0, 0.05) is 6.42 Å². The van der Waals surface area contributed by atoms with Crippen molar-refractivity contribution in [3.63, 3.8) is 0 Å². The highest BCUT2D eigenvalue weighted by molar-refractivity contribution is 7.23. The molecule has 2 aromatic carbocycles. The monoisotopic (exact) mass is 252 g/mol. The van der Waals surface area contributed by atoms with E-state index in [9.17, 15) is 4.79 Å². The molecule has 1 fully saturated rings. The zero-order chi connectivity index (χ0) is 12.4. The smallest absolute Gasteiger partial charge is 0.193 e. The Hall–Kier alpha value is -1.67. The summed E-state index contributed by atoms with van der Waals surface area (Å²) in [4.78, 5) is 12.6. The predicted octanol–water partition coefficient (Wildman–Crippen LogP) is 2.15. The number of hydrogen-bond donors (Lipinski definition) is 0. The van der Waals surface area contributed by atoms with E-state index in [-0.39, 0.29) is 0 Å². The Morgan fingerprint density at radius 2 is 1.28 bits per heavy atom. The molecule has 1 aliphatic heterocycles. The lowest BCUT2D eigenvalue weighted by Gasteiger charge is -2.25. The topological polar surface area (TPSA) is 17.1 Å². The van der Waals surface area contributed by atoms with Crippen molar-refractivity contribution in [2.75, 3.05) is 0 Å². The van der Waals surface area contributed by atoms with Crippen LogP contribution in [-0.4, -0.2) is 13.5 Å². The van der Waals surface area contributed by atoms with Crippen molar-refractivity contribution in [2.45, 2.75) is 18.9 Å². The van der Waals surface area contributed by atoms with Crippen LogP contribution in [0.15, 0.2) is 60.7 Å². The third kappa shape index (κ3) is 1.65. The van der Waals surface area contributed by atoms with Gasteiger partial charge in [0.1, 0.15) is 5.41 Å². The standard InChI is InChI=1S/C16H16OSi/c17-16-12-7-13-18(16,14-8-3-1-4-9-14)15-10-5-2-6-11-15/h1-6,8-11H,7,12-13H2. The fraction of sp³-hybridized carbons (Fsp3) is 0.188. The van der Waals surface area contributed by atoms with Gasteiger partial charge in [-0.2, -0.15) is 0 Å². The van der Waals surface area contributed by atoms with Gasteiger partial charge in [-0.1, -0.05) is 60.7 Å². The SMILES string of the molecule is O=C1CCC[Si]1(c1ccccc1)c1ccccc1. The van der Waals surface area contributed by atoms with Crippen LogP contribution in [0.25, 0.3) is 0 Å². The van der Waals surface area contributed by atoms with Crippen LogP contribution in [-0.2, 0) is 4.79 Å². The van der Waals surface area contributed by atoms with Crippen LogP contribution >= 0.6 is 0 Å². The van der Waals surface area contributed by atoms with Gasteiger partial charge in [0.2, 0.25) is 0 Å². The van der Waals surface area contributed by atoms with E-state index in [2.05, 4.69) is 48.5 Å². The van der Waals surface area contributed by atoms with Gasteiger partial charge in [-0.25, -0.2) is 0 Å². The van der Waals surface area contributed by atoms with Gasteiger partial charge < -0.3 is 4.79 Å². The van der Waals surface area contributed by atoms with E-state index in [0.717, 1.165) is 18.9 Å². The summed E-state index contributed by atoms with van der Waals surface area (Å²) in [5.74, 6) is 0. The predicted molar refractivity (Wildman–Crippen MR) is 77.0 cm³/mol. The van der Waals surface area contributed by atoms with Crippen molar-refractivity contribution < 1.29 is 4.79 Å². The summed E-state index contributed by atoms with van der Waals surface area (Å²) in [6, 6.07) is 21.9. The molecule has 0 atom stereocenters. The molecule has 1 heterocycles. The molecule has 18 heavy (non-hydrogen) atoms. The van der Waals surface area contributed by atoms with Crippen LogP contribution in [0.2, 0.25) is 6.04 Å². The highest BCUT2D eigenvalue weighted by Gasteiger charge is 2.47. The Balaban J connectivity index is 2.20. The number of rotatable bonds is 2. The lowest BCUT2D eigenvalue weighted by atomic mass is 10.4. The van der Waals surface area contributed by atoms with E-state index in [0.29, 0.717) is 5.41 Å². The van der Waals surface area contributed by atoms with Crippen molar-refractivity contribution >= 4 is 23.9 Å². The molecule has 1 saturated heterocycles. The average molecular weight is 252 g/mol. The van der Waals surface area contributed by atoms with E-state index in [4.69, 9.17) is 0 Å². The molecule has 1 nitrogen and oxygen atoms in total. The number of hydrogen-bond acceptors (Lipinski definition) is 1. The third-order valence-corrected chi connectivity index (χ3v) is 8.91. The van der Waals surface area contributed by atoms with Crippen LogP contribution in [0, 0.1) is 0 Å². The van der Waals surface area contributed by atoms with Gasteiger partial charge in [-0.15, -0.1) is 0 Å². The molecule has 1 aliphatic rings. The van der Waals surface area contributed by atoms with Crippen LogP contribution < -0.4 is 10.4 Å². The van der Waals surface area contributed by atoms with Crippen molar-refractivity contribution in [2.24, 2.45) is 0 Å². The van der Waals surface area contributed by atoms with Crippen LogP contribution in [0.5, 0.6) is 0 Å². The van der Waals surface area contributed by atoms with Crippen LogP contribution in [0.4, 0.5) is 0 Å². The van der Waals surface area contributed by atoms with E-state index >= 15 is 0 Å². The number of benzene rings is 2. The first-order valence-corrected chi connectivity index (χ1v) is 8.69. The van der Waals surface area contributed by atoms with E-state index < -0.39 is 8.07 Å². The highest BCUT2D eigenvalue weighted by atomic mass is 28.3. The summed E-state index contributed by atoms with van der Waals surface area (Å²) in [5.41, 5.74) is 0. The Morgan fingerprint density at radius 1 is 0.778 bits per heavy atom. The first-order chi connectivity index (χ1) is 8.84. The molecule has 0 amide bonds. The first kappa shape index (κ1) is 11.4. The molecule has 0 unspecified atom stereocenters. The third-order valence-electron chi connectivity index (χ3n) is 3.96. The van der Waals surface area contributed by atoms with E-state index in [1.54, 1.807) is 0 Å². The molecule has 0 saturated carbocycles. The Labute approximate surface area is 108 Å². The maximum absolute atomic E-state index is 12.6. The molecule has 2 heteroatoms. The second kappa shape index (κ2) is 4.54. The fourth-order valence-corrected chi connectivity index (χ4v) is 7.76. The van der Waals surface area contributed by atoms with Gasteiger partial charge in [0.15, 0.2) is 8.07 Å². The minimum absolute atomic E-state index is 0.500. The fourth-order valence-electron chi connectivity index (χ4n) is 3.09. The Bertz CT molecular complexity index is 508. The molecule has 0 aromatic heterocycles. The van der Waals surface area contributed by atoms with Crippen molar-refractivity contribution in [3.8, 4) is 0 Å². The number of carbonyl (C=O) groups excluding carboxylic acids is 1. The van der Waals surface area contributed by atoms with Gasteiger partial charge in [0.25, 0.3) is 0 Å². The largest absolute Gasteiger partial charge is 0.305 e. The van der Waals surface area contributed by atoms with Crippen molar-refractivity contribution in [1.82, 2.24) is 0 Å². The molecule has 0 N–H and O–H groups in total. The maximum atomic E-state index is 12.6. The maximum Gasteiger partial charge on any atom is 0.193 e. The molecular weight excluding hydrogens is 236 g/mol. The summed E-state index contributed by atoms with van der Waals surface area (Å²) < 4.78 is 0. The van der Waals surface area contributed by atoms with Crippen LogP contribution in [0.3, 0.4) is 0 Å². The molecule has 0 bridgehead atoms. The van der Waals surface area contributed by atoms with Gasteiger partial charge in [0.05, 0.1) is 0 Å². The Kier molecular flexibility index (Phi) is 2.88. The summed E-state index contributed by atoms with van der Waals surface area (Å²) in [6.45, 7) is 0. The van der Waals surface area contributed by atoms with Crippen molar-refractivity contribution in [3.05, 3.63) is 60.7 Å². The Morgan fingerprint density at radius 3 is 1.67 bits per heavy atom. The first-order valence-electron chi connectivity index (χ1n) is 6.48. The minimum Gasteiger partial charge on any atom is -0.305 e. The van der Waals surface area contributed by atoms with E-state index in [1.165, 1.54) is 10.4 Å².